The number of carbonyl (C=O) groups is 2. The number of piperidine rings is 1. The number of nitrogens with zero attached hydrogens (tertiary/aromatic N) is 3. The van der Waals surface area contributed by atoms with Crippen molar-refractivity contribution >= 4 is 17.8 Å². The van der Waals surface area contributed by atoms with E-state index in [9.17, 15) is 9.59 Å². The highest BCUT2D eigenvalue weighted by molar-refractivity contribution is 6.07. The second-order valence-electron chi connectivity index (χ2n) is 6.35. The Morgan fingerprint density at radius 1 is 1.14 bits per heavy atom. The van der Waals surface area contributed by atoms with Crippen LogP contribution in [0.3, 0.4) is 0 Å². The molecular weight excluding hydrogens is 282 g/mol. The molecule has 7 nitrogen and oxygen atoms in total. The maximum absolute atomic E-state index is 12.0. The quantitative estimate of drug-likeness (QED) is 0.736. The van der Waals surface area contributed by atoms with Crippen molar-refractivity contribution in [1.82, 2.24) is 20.6 Å². The first-order valence-corrected chi connectivity index (χ1v) is 7.82. The van der Waals surface area contributed by atoms with E-state index in [0.29, 0.717) is 12.8 Å². The van der Waals surface area contributed by atoms with Crippen molar-refractivity contribution in [3.8, 4) is 0 Å². The van der Waals surface area contributed by atoms with Gasteiger partial charge in [0.2, 0.25) is 0 Å². The van der Waals surface area contributed by atoms with E-state index in [1.54, 1.807) is 0 Å². The summed E-state index contributed by atoms with van der Waals surface area (Å²) < 4.78 is 0. The molecule has 1 spiro atoms. The van der Waals surface area contributed by atoms with Gasteiger partial charge in [-0.3, -0.25) is 10.1 Å². The van der Waals surface area contributed by atoms with Crippen LogP contribution in [0.25, 0.3) is 0 Å². The standard InChI is InChI=1S/C15H19N5O2/c1-9-16-11-4-2-3-10(11)12(17-9)20-7-5-15(6-8-20)13(21)18-14(22)19-15/h2-8H2,1H3,(H2,18,19,21,22). The first-order chi connectivity index (χ1) is 10.6. The summed E-state index contributed by atoms with van der Waals surface area (Å²) in [5.74, 6) is 1.64. The zero-order chi connectivity index (χ0) is 15.3. The Kier molecular flexibility index (Phi) is 2.85. The molecule has 4 rings (SSSR count). The molecule has 1 aromatic heterocycles. The number of anilines is 1. The minimum atomic E-state index is -0.723. The zero-order valence-corrected chi connectivity index (χ0v) is 12.6. The molecule has 0 bridgehead atoms. The number of carbonyl (C=O) groups excluding carboxylic acids is 2. The van der Waals surface area contributed by atoms with Gasteiger partial charge in [0.1, 0.15) is 17.2 Å². The molecule has 3 aliphatic rings. The summed E-state index contributed by atoms with van der Waals surface area (Å²) >= 11 is 0. The molecule has 1 aromatic rings. The van der Waals surface area contributed by atoms with E-state index in [4.69, 9.17) is 0 Å². The summed E-state index contributed by atoms with van der Waals surface area (Å²) in [4.78, 5) is 34.8. The average Bonchev–Trinajstić information content (AvgIpc) is 3.04. The van der Waals surface area contributed by atoms with E-state index in [1.165, 1.54) is 11.3 Å². The lowest BCUT2D eigenvalue weighted by molar-refractivity contribution is -0.124. The third-order valence-corrected chi connectivity index (χ3v) is 4.95. The fourth-order valence-electron chi connectivity index (χ4n) is 3.78. The number of hydrogen-bond acceptors (Lipinski definition) is 5. The lowest BCUT2D eigenvalue weighted by atomic mass is 9.87. The molecule has 2 N–H and O–H groups in total. The highest BCUT2D eigenvalue weighted by Crippen LogP contribution is 2.33. The number of aryl methyl sites for hydroxylation is 2. The Balaban J connectivity index is 1.58. The lowest BCUT2D eigenvalue weighted by Gasteiger charge is -2.38. The number of urea groups is 1. The molecule has 0 aromatic carbocycles. The maximum atomic E-state index is 12.0. The van der Waals surface area contributed by atoms with Crippen LogP contribution in [0.1, 0.15) is 36.3 Å². The molecule has 2 aliphatic heterocycles. The largest absolute Gasteiger partial charge is 0.356 e. The van der Waals surface area contributed by atoms with Gasteiger partial charge in [-0.1, -0.05) is 0 Å². The van der Waals surface area contributed by atoms with E-state index < -0.39 is 5.54 Å². The van der Waals surface area contributed by atoms with Gasteiger partial charge in [0, 0.05) is 24.3 Å². The average molecular weight is 301 g/mol. The van der Waals surface area contributed by atoms with E-state index in [2.05, 4.69) is 25.5 Å². The van der Waals surface area contributed by atoms with Crippen LogP contribution >= 0.6 is 0 Å². The minimum Gasteiger partial charge on any atom is -0.356 e. The third kappa shape index (κ3) is 1.95. The normalized spacial score (nSPS) is 22.7. The van der Waals surface area contributed by atoms with Crippen LogP contribution < -0.4 is 15.5 Å². The first-order valence-electron chi connectivity index (χ1n) is 7.82. The van der Waals surface area contributed by atoms with Crippen molar-refractivity contribution in [2.45, 2.75) is 44.6 Å². The highest BCUT2D eigenvalue weighted by atomic mass is 16.2. The predicted octanol–water partition coefficient (Wildman–Crippen LogP) is 0.452. The molecule has 2 fully saturated rings. The molecular formula is C15H19N5O2. The minimum absolute atomic E-state index is 0.193. The van der Waals surface area contributed by atoms with Crippen LogP contribution in [0.5, 0.6) is 0 Å². The lowest BCUT2D eigenvalue weighted by Crippen LogP contribution is -2.55. The van der Waals surface area contributed by atoms with Crippen molar-refractivity contribution in [2.24, 2.45) is 0 Å². The van der Waals surface area contributed by atoms with Crippen molar-refractivity contribution < 1.29 is 9.59 Å². The SMILES string of the molecule is Cc1nc2c(c(N3CCC4(CC3)NC(=O)NC4=O)n1)CCC2. The van der Waals surface area contributed by atoms with Gasteiger partial charge in [0.15, 0.2) is 0 Å². The van der Waals surface area contributed by atoms with Crippen LogP contribution in [0.4, 0.5) is 10.6 Å². The zero-order valence-electron chi connectivity index (χ0n) is 12.6. The van der Waals surface area contributed by atoms with Gasteiger partial charge < -0.3 is 10.2 Å². The Labute approximate surface area is 128 Å². The van der Waals surface area contributed by atoms with E-state index >= 15 is 0 Å². The van der Waals surface area contributed by atoms with Crippen molar-refractivity contribution in [1.29, 1.82) is 0 Å². The van der Waals surface area contributed by atoms with Crippen LogP contribution in [-0.2, 0) is 17.6 Å². The summed E-state index contributed by atoms with van der Waals surface area (Å²) in [6.45, 7) is 3.37. The fourth-order valence-corrected chi connectivity index (χ4v) is 3.78. The van der Waals surface area contributed by atoms with Gasteiger partial charge >= 0.3 is 6.03 Å². The number of aromatic nitrogens is 2. The van der Waals surface area contributed by atoms with Crippen LogP contribution in [-0.4, -0.2) is 40.5 Å². The van der Waals surface area contributed by atoms with E-state index in [0.717, 1.165) is 44.0 Å². The summed E-state index contributed by atoms with van der Waals surface area (Å²) in [5.41, 5.74) is 1.72. The van der Waals surface area contributed by atoms with Gasteiger partial charge in [-0.15, -0.1) is 0 Å². The molecule has 1 aliphatic carbocycles. The number of hydrogen-bond donors (Lipinski definition) is 2. The summed E-state index contributed by atoms with van der Waals surface area (Å²) in [6, 6.07) is -0.378. The molecule has 3 amide bonds. The van der Waals surface area contributed by atoms with Gasteiger partial charge in [-0.05, 0) is 39.0 Å². The molecule has 2 saturated heterocycles. The summed E-state index contributed by atoms with van der Waals surface area (Å²) in [6.07, 6.45) is 4.42. The van der Waals surface area contributed by atoms with Gasteiger partial charge in [-0.25, -0.2) is 14.8 Å². The molecule has 0 unspecified atom stereocenters. The Morgan fingerprint density at radius 3 is 2.59 bits per heavy atom. The highest BCUT2D eigenvalue weighted by Gasteiger charge is 2.48. The van der Waals surface area contributed by atoms with E-state index in [-0.39, 0.29) is 11.9 Å². The number of rotatable bonds is 1. The Bertz CT molecular complexity index is 664. The van der Waals surface area contributed by atoms with Crippen LogP contribution in [0, 0.1) is 6.92 Å². The van der Waals surface area contributed by atoms with Crippen molar-refractivity contribution in [3.63, 3.8) is 0 Å². The summed E-state index contributed by atoms with van der Waals surface area (Å²) in [7, 11) is 0. The summed E-state index contributed by atoms with van der Waals surface area (Å²) in [5, 5.41) is 5.15. The first kappa shape index (κ1) is 13.5. The molecule has 116 valence electrons. The van der Waals surface area contributed by atoms with Crippen LogP contribution in [0.15, 0.2) is 0 Å². The van der Waals surface area contributed by atoms with Gasteiger partial charge in [0.05, 0.1) is 0 Å². The fraction of sp³-hybridized carbons (Fsp3) is 0.600. The molecule has 7 heteroatoms. The second kappa shape index (κ2) is 4.66. The number of nitrogens with one attached hydrogen (secondary N) is 2. The molecule has 0 atom stereocenters. The number of amides is 3. The molecule has 0 radical (unpaired) electrons. The van der Waals surface area contributed by atoms with Crippen molar-refractivity contribution in [3.05, 3.63) is 17.1 Å². The Hall–Kier alpha value is -2.18. The third-order valence-electron chi connectivity index (χ3n) is 4.95. The van der Waals surface area contributed by atoms with Gasteiger partial charge in [0.25, 0.3) is 5.91 Å². The topological polar surface area (TPSA) is 87.2 Å². The molecule has 0 saturated carbocycles. The smallest absolute Gasteiger partial charge is 0.322 e. The molecule has 22 heavy (non-hydrogen) atoms. The monoisotopic (exact) mass is 301 g/mol. The number of imide groups is 1. The molecule has 3 heterocycles. The predicted molar refractivity (Wildman–Crippen MR) is 79.6 cm³/mol. The Morgan fingerprint density at radius 2 is 1.91 bits per heavy atom. The van der Waals surface area contributed by atoms with Gasteiger partial charge in [-0.2, -0.15) is 0 Å². The second-order valence-corrected chi connectivity index (χ2v) is 6.35. The number of fused-ring (bicyclic) bond motifs is 1. The van der Waals surface area contributed by atoms with E-state index in [1.807, 2.05) is 6.92 Å². The van der Waals surface area contributed by atoms with Crippen LogP contribution in [0.2, 0.25) is 0 Å². The maximum Gasteiger partial charge on any atom is 0.322 e. The van der Waals surface area contributed by atoms with Crippen molar-refractivity contribution in [2.75, 3.05) is 18.0 Å².